The van der Waals surface area contributed by atoms with Crippen LogP contribution in [0.3, 0.4) is 0 Å². The molecule has 51 heavy (non-hydrogen) atoms. The number of guanidine groups is 1. The number of nitrogens with zero attached hydrogens (tertiary/aromatic N) is 1. The van der Waals surface area contributed by atoms with Gasteiger partial charge in [-0.2, -0.15) is 0 Å². The van der Waals surface area contributed by atoms with Gasteiger partial charge in [-0.15, -0.1) is 0 Å². The van der Waals surface area contributed by atoms with Crippen molar-refractivity contribution in [3.8, 4) is 11.5 Å². The van der Waals surface area contributed by atoms with Crippen molar-refractivity contribution in [2.24, 2.45) is 10.7 Å². The fraction of sp³-hybridized carbons (Fsp3) is 0.343. The third kappa shape index (κ3) is 14.5. The van der Waals surface area contributed by atoms with Gasteiger partial charge >= 0.3 is 19.8 Å². The molecular formula is C35H45N6O9P. The van der Waals surface area contributed by atoms with Gasteiger partial charge in [0.2, 0.25) is 17.8 Å². The van der Waals surface area contributed by atoms with Gasteiger partial charge in [-0.25, -0.2) is 19.1 Å². The normalized spacial score (nSPS) is 12.0. The molecule has 15 nitrogen and oxygen atoms in total. The molecule has 0 aliphatic heterocycles. The van der Waals surface area contributed by atoms with Gasteiger partial charge in [0.15, 0.2) is 0 Å². The first-order valence-electron chi connectivity index (χ1n) is 15.9. The van der Waals surface area contributed by atoms with E-state index in [0.29, 0.717) is 22.6 Å². The van der Waals surface area contributed by atoms with Crippen LogP contribution in [-0.2, 0) is 30.0 Å². The lowest BCUT2D eigenvalue weighted by Gasteiger charge is -2.25. The summed E-state index contributed by atoms with van der Waals surface area (Å²) in [5, 5.41) is 10.1. The third-order valence-corrected chi connectivity index (χ3v) is 8.01. The number of alkyl carbamates (subject to hydrolysis) is 2. The van der Waals surface area contributed by atoms with Crippen molar-refractivity contribution < 1.29 is 42.3 Å². The lowest BCUT2D eigenvalue weighted by atomic mass is 10.1. The molecule has 3 aromatic rings. The van der Waals surface area contributed by atoms with Gasteiger partial charge in [0.05, 0.1) is 5.69 Å². The van der Waals surface area contributed by atoms with Crippen LogP contribution in [0.25, 0.3) is 0 Å². The number of hydrogen-bond donors (Lipinski definition) is 5. The minimum Gasteiger partial charge on any atom is -0.444 e. The molecule has 1 atom stereocenters. The maximum Gasteiger partial charge on any atom is 0.447 e. The predicted molar refractivity (Wildman–Crippen MR) is 194 cm³/mol. The van der Waals surface area contributed by atoms with E-state index in [1.165, 1.54) is 38.1 Å². The van der Waals surface area contributed by atoms with Crippen LogP contribution < -0.4 is 36.0 Å². The number of nitrogens with two attached hydrogens (primary N) is 1. The smallest absolute Gasteiger partial charge is 0.444 e. The highest BCUT2D eigenvalue weighted by Gasteiger charge is 2.37. The molecule has 0 heterocycles. The molecule has 0 aliphatic carbocycles. The van der Waals surface area contributed by atoms with Gasteiger partial charge < -0.3 is 34.9 Å². The molecule has 3 rings (SSSR count). The monoisotopic (exact) mass is 724 g/mol. The Kier molecular flexibility index (Phi) is 13.4. The van der Waals surface area contributed by atoms with Crippen LogP contribution in [-0.4, -0.2) is 46.9 Å². The summed E-state index contributed by atoms with van der Waals surface area (Å²) >= 11 is 0. The standard InChI is InChI=1S/C35H45N6O9P/c1-22(42)37-25-13-17-28(18-14-25)49-51(46,50-29-19-15-26(16-20-29)38-23(2)43)30(36)21-24-9-11-27(12-10-24)39-31(40-32(44)47-34(3,4)5)41-33(45)48-35(6,7)8/h9-20,30H,21,36H2,1-8H3,(H,37,42)(H,38,43)(H2,39,40,41,44,45). The van der Waals surface area contributed by atoms with E-state index in [0.717, 1.165) is 0 Å². The Balaban J connectivity index is 1.86. The minimum atomic E-state index is -4.15. The molecule has 3 aromatic carbocycles. The Bertz CT molecular complexity index is 1670. The second-order valence-corrected chi connectivity index (χ2v) is 15.4. The summed E-state index contributed by atoms with van der Waals surface area (Å²) in [6.45, 7) is 12.9. The van der Waals surface area contributed by atoms with Gasteiger partial charge in [0.1, 0.15) is 28.5 Å². The number of anilines is 2. The molecular weight excluding hydrogens is 679 g/mol. The van der Waals surface area contributed by atoms with Crippen LogP contribution in [0, 0.1) is 0 Å². The molecule has 4 amide bonds. The van der Waals surface area contributed by atoms with Gasteiger partial charge in [0.25, 0.3) is 0 Å². The Labute approximate surface area is 297 Å². The fourth-order valence-electron chi connectivity index (χ4n) is 4.13. The number of ether oxygens (including phenoxy) is 2. The summed E-state index contributed by atoms with van der Waals surface area (Å²) in [5.41, 5.74) is 6.91. The molecule has 0 aromatic heterocycles. The predicted octanol–water partition coefficient (Wildman–Crippen LogP) is 6.82. The van der Waals surface area contributed by atoms with E-state index >= 15 is 0 Å². The minimum absolute atomic E-state index is 0.0361. The zero-order valence-corrected chi connectivity index (χ0v) is 30.8. The van der Waals surface area contributed by atoms with E-state index in [1.54, 1.807) is 90.1 Å². The number of aliphatic imine (C=N–C) groups is 1. The van der Waals surface area contributed by atoms with E-state index in [2.05, 4.69) is 26.3 Å². The SMILES string of the molecule is CC(=O)Nc1ccc(OP(=O)(Oc2ccc(NC(C)=O)cc2)C(N)Cc2ccc(N=C(NC(=O)OC(C)(C)C)NC(=O)OC(C)(C)C)cc2)cc1. The first-order chi connectivity index (χ1) is 23.7. The summed E-state index contributed by atoms with van der Waals surface area (Å²) in [6.07, 6.45) is -1.65. The first kappa shape index (κ1) is 40.0. The average Bonchev–Trinajstić information content (AvgIpc) is 2.97. The maximum atomic E-state index is 14.4. The molecule has 274 valence electrons. The lowest BCUT2D eigenvalue weighted by Crippen LogP contribution is -2.47. The summed E-state index contributed by atoms with van der Waals surface area (Å²) < 4.78 is 36.8. The highest BCUT2D eigenvalue weighted by molar-refractivity contribution is 7.55. The van der Waals surface area contributed by atoms with Crippen LogP contribution in [0.1, 0.15) is 61.0 Å². The molecule has 16 heteroatoms. The van der Waals surface area contributed by atoms with Crippen molar-refractivity contribution in [2.45, 2.75) is 78.8 Å². The molecule has 0 fully saturated rings. The van der Waals surface area contributed by atoms with E-state index in [1.807, 2.05) is 0 Å². The lowest BCUT2D eigenvalue weighted by molar-refractivity contribution is -0.115. The summed E-state index contributed by atoms with van der Waals surface area (Å²) in [7, 11) is -4.15. The van der Waals surface area contributed by atoms with Gasteiger partial charge in [0, 0.05) is 31.6 Å². The molecule has 0 aliphatic rings. The van der Waals surface area contributed by atoms with Crippen LogP contribution in [0.15, 0.2) is 77.8 Å². The van der Waals surface area contributed by atoms with Crippen molar-refractivity contribution in [3.63, 3.8) is 0 Å². The Hall–Kier alpha value is -5.40. The number of carbonyl (C=O) groups is 4. The molecule has 0 radical (unpaired) electrons. The van der Waals surface area contributed by atoms with Gasteiger partial charge in [-0.05, 0) is 108 Å². The molecule has 1 unspecified atom stereocenters. The number of rotatable bonds is 10. The number of hydrogen-bond acceptors (Lipinski definition) is 11. The molecule has 0 bridgehead atoms. The summed E-state index contributed by atoms with van der Waals surface area (Å²) in [4.78, 5) is 52.1. The van der Waals surface area contributed by atoms with Crippen molar-refractivity contribution in [1.82, 2.24) is 10.6 Å². The van der Waals surface area contributed by atoms with E-state index < -0.39 is 36.8 Å². The van der Waals surface area contributed by atoms with Crippen molar-refractivity contribution in [1.29, 1.82) is 0 Å². The Morgan fingerprint density at radius 2 is 1.08 bits per heavy atom. The quantitative estimate of drug-likeness (QED) is 0.0837. The molecule has 0 saturated heterocycles. The highest BCUT2D eigenvalue weighted by atomic mass is 31.2. The van der Waals surface area contributed by atoms with Crippen molar-refractivity contribution >= 4 is 54.6 Å². The van der Waals surface area contributed by atoms with E-state index in [9.17, 15) is 23.7 Å². The highest BCUT2D eigenvalue weighted by Crippen LogP contribution is 2.52. The van der Waals surface area contributed by atoms with Crippen LogP contribution in [0.4, 0.5) is 26.7 Å². The second-order valence-electron chi connectivity index (χ2n) is 13.3. The van der Waals surface area contributed by atoms with Crippen molar-refractivity contribution in [3.05, 3.63) is 78.4 Å². The largest absolute Gasteiger partial charge is 0.447 e. The number of carbonyl (C=O) groups excluding carboxylic acids is 4. The molecule has 0 saturated carbocycles. The van der Waals surface area contributed by atoms with Crippen LogP contribution in [0.2, 0.25) is 0 Å². The average molecular weight is 725 g/mol. The van der Waals surface area contributed by atoms with Crippen LogP contribution in [0.5, 0.6) is 11.5 Å². The zero-order valence-electron chi connectivity index (χ0n) is 29.9. The van der Waals surface area contributed by atoms with E-state index in [4.69, 9.17) is 24.3 Å². The van der Waals surface area contributed by atoms with Crippen molar-refractivity contribution in [2.75, 3.05) is 10.6 Å². The van der Waals surface area contributed by atoms with E-state index in [-0.39, 0.29) is 35.7 Å². The number of amides is 4. The number of nitrogens with one attached hydrogen (secondary N) is 4. The van der Waals surface area contributed by atoms with Gasteiger partial charge in [-0.1, -0.05) is 12.1 Å². The molecule has 0 spiro atoms. The Morgan fingerprint density at radius 3 is 1.43 bits per heavy atom. The summed E-state index contributed by atoms with van der Waals surface area (Å²) in [6, 6.07) is 19.0. The molecule has 6 N–H and O–H groups in total. The first-order valence-corrected chi connectivity index (χ1v) is 17.5. The third-order valence-electron chi connectivity index (χ3n) is 6.08. The second kappa shape index (κ2) is 17.0. The maximum absolute atomic E-state index is 14.4. The Morgan fingerprint density at radius 1 is 0.686 bits per heavy atom. The number of benzene rings is 3. The van der Waals surface area contributed by atoms with Crippen LogP contribution >= 0.6 is 7.60 Å². The zero-order chi connectivity index (χ0) is 38.0. The fourth-order valence-corrected chi connectivity index (χ4v) is 5.70. The van der Waals surface area contributed by atoms with Gasteiger partial charge in [-0.3, -0.25) is 20.2 Å². The topological polar surface area (TPSA) is 209 Å². The summed E-state index contributed by atoms with van der Waals surface area (Å²) in [5.74, 6) is -1.55.